The van der Waals surface area contributed by atoms with Gasteiger partial charge < -0.3 is 10.1 Å². The predicted molar refractivity (Wildman–Crippen MR) is 122 cm³/mol. The van der Waals surface area contributed by atoms with Crippen LogP contribution >= 0.6 is 23.4 Å². The van der Waals surface area contributed by atoms with E-state index in [9.17, 15) is 4.79 Å². The molecule has 2 aromatic carbocycles. The second kappa shape index (κ2) is 8.95. The van der Waals surface area contributed by atoms with Gasteiger partial charge in [0, 0.05) is 27.7 Å². The summed E-state index contributed by atoms with van der Waals surface area (Å²) < 4.78 is 7.04. The molecule has 1 amide bonds. The third-order valence-electron chi connectivity index (χ3n) is 4.63. The zero-order chi connectivity index (χ0) is 22.0. The van der Waals surface area contributed by atoms with Crippen LogP contribution in [0.4, 0.5) is 5.69 Å². The molecule has 0 aliphatic carbocycles. The molecule has 31 heavy (non-hydrogen) atoms. The van der Waals surface area contributed by atoms with Crippen molar-refractivity contribution in [2.75, 3.05) is 12.4 Å². The number of hydrogen-bond acceptors (Lipinski definition) is 6. The van der Waals surface area contributed by atoms with Crippen LogP contribution in [0.15, 0.2) is 53.7 Å². The van der Waals surface area contributed by atoms with Crippen LogP contribution in [0.5, 0.6) is 5.75 Å². The van der Waals surface area contributed by atoms with Crippen molar-refractivity contribution < 1.29 is 9.53 Å². The lowest BCUT2D eigenvalue weighted by atomic mass is 10.1. The highest BCUT2D eigenvalue weighted by Crippen LogP contribution is 2.29. The Labute approximate surface area is 188 Å². The quantitative estimate of drug-likeness (QED) is 0.416. The summed E-state index contributed by atoms with van der Waals surface area (Å²) in [5.74, 6) is 1.40. The molecule has 1 N–H and O–H groups in total. The van der Waals surface area contributed by atoms with Crippen LogP contribution in [0, 0.1) is 13.8 Å². The van der Waals surface area contributed by atoms with Crippen molar-refractivity contribution in [3.05, 3.63) is 76.1 Å². The van der Waals surface area contributed by atoms with Gasteiger partial charge in [-0.3, -0.25) is 4.79 Å². The number of ether oxygens (including phenoxy) is 1. The molecule has 0 spiro atoms. The maximum absolute atomic E-state index is 13.0. The van der Waals surface area contributed by atoms with E-state index >= 15 is 0 Å². The number of methoxy groups -OCH3 is 1. The molecule has 0 radical (unpaired) electrons. The van der Waals surface area contributed by atoms with E-state index in [1.165, 1.54) is 11.8 Å². The Bertz CT molecular complexity index is 1270. The van der Waals surface area contributed by atoms with Crippen LogP contribution < -0.4 is 10.1 Å². The number of thioether (sulfide) groups is 1. The fourth-order valence-corrected chi connectivity index (χ4v) is 4.18. The van der Waals surface area contributed by atoms with Gasteiger partial charge in [-0.25, -0.2) is 9.50 Å². The van der Waals surface area contributed by atoms with Crippen molar-refractivity contribution in [1.82, 2.24) is 19.6 Å². The molecular weight excluding hydrogens is 434 g/mol. The normalized spacial score (nSPS) is 11.0. The van der Waals surface area contributed by atoms with Crippen molar-refractivity contribution >= 4 is 40.7 Å². The van der Waals surface area contributed by atoms with Gasteiger partial charge in [0.2, 0.25) is 5.16 Å². The molecular formula is C22H20ClN5O2S. The highest BCUT2D eigenvalue weighted by molar-refractivity contribution is 7.98. The molecule has 0 fully saturated rings. The summed E-state index contributed by atoms with van der Waals surface area (Å²) in [5, 5.41) is 8.52. The first-order chi connectivity index (χ1) is 14.9. The first kappa shape index (κ1) is 21.1. The molecule has 0 aliphatic rings. The number of carbonyl (C=O) groups is 1. The van der Waals surface area contributed by atoms with Gasteiger partial charge in [0.25, 0.3) is 11.7 Å². The molecule has 158 valence electrons. The number of amides is 1. The van der Waals surface area contributed by atoms with Crippen LogP contribution in [0.1, 0.15) is 27.3 Å². The van der Waals surface area contributed by atoms with Gasteiger partial charge in [-0.2, -0.15) is 4.98 Å². The third-order valence-corrected chi connectivity index (χ3v) is 5.75. The van der Waals surface area contributed by atoms with Gasteiger partial charge in [-0.1, -0.05) is 41.6 Å². The van der Waals surface area contributed by atoms with E-state index in [4.69, 9.17) is 16.3 Å². The van der Waals surface area contributed by atoms with Gasteiger partial charge in [0.1, 0.15) is 5.75 Å². The standard InChI is InChI=1S/C22H20ClN5O2S/c1-13-10-14(2)28-21(24-13)26-22(27-28)31-12-15-6-4-5-7-17(15)20(29)25-18-11-16(23)8-9-19(18)30-3/h4-11H,12H2,1-3H3,(H,25,29). The van der Waals surface area contributed by atoms with Crippen LogP contribution in [-0.2, 0) is 5.75 Å². The van der Waals surface area contributed by atoms with Gasteiger partial charge in [-0.05, 0) is 49.7 Å². The zero-order valence-corrected chi connectivity index (χ0v) is 18.8. The maximum Gasteiger partial charge on any atom is 0.256 e. The van der Waals surface area contributed by atoms with E-state index < -0.39 is 0 Å². The van der Waals surface area contributed by atoms with Crippen LogP contribution in [0.3, 0.4) is 0 Å². The van der Waals surface area contributed by atoms with Crippen molar-refractivity contribution in [3.63, 3.8) is 0 Å². The minimum atomic E-state index is -0.243. The molecule has 9 heteroatoms. The average molecular weight is 454 g/mol. The largest absolute Gasteiger partial charge is 0.495 e. The van der Waals surface area contributed by atoms with Gasteiger partial charge in [-0.15, -0.1) is 5.10 Å². The zero-order valence-electron chi connectivity index (χ0n) is 17.2. The van der Waals surface area contributed by atoms with Gasteiger partial charge >= 0.3 is 0 Å². The third kappa shape index (κ3) is 4.65. The number of halogens is 1. The molecule has 0 unspecified atom stereocenters. The highest BCUT2D eigenvalue weighted by Gasteiger charge is 2.15. The fourth-order valence-electron chi connectivity index (χ4n) is 3.19. The number of nitrogens with one attached hydrogen (secondary N) is 1. The lowest BCUT2D eigenvalue weighted by Crippen LogP contribution is -2.14. The van der Waals surface area contributed by atoms with E-state index in [1.807, 2.05) is 38.1 Å². The summed E-state index contributed by atoms with van der Waals surface area (Å²) in [7, 11) is 1.55. The number of aromatic nitrogens is 4. The molecule has 2 aromatic heterocycles. The van der Waals surface area contributed by atoms with Crippen LogP contribution in [-0.4, -0.2) is 32.6 Å². The second-order valence-electron chi connectivity index (χ2n) is 6.89. The number of aryl methyl sites for hydroxylation is 2. The SMILES string of the molecule is COc1ccc(Cl)cc1NC(=O)c1ccccc1CSc1nc2nc(C)cc(C)n2n1. The number of fused-ring (bicyclic) bond motifs is 1. The summed E-state index contributed by atoms with van der Waals surface area (Å²) in [6, 6.07) is 14.5. The van der Waals surface area contributed by atoms with Gasteiger partial charge in [0.05, 0.1) is 12.8 Å². The summed E-state index contributed by atoms with van der Waals surface area (Å²) in [6.07, 6.45) is 0. The molecule has 4 aromatic rings. The van der Waals surface area contributed by atoms with Crippen molar-refractivity contribution in [2.45, 2.75) is 24.8 Å². The number of hydrogen-bond donors (Lipinski definition) is 1. The Morgan fingerprint density at radius 3 is 2.77 bits per heavy atom. The first-order valence-electron chi connectivity index (χ1n) is 9.51. The highest BCUT2D eigenvalue weighted by atomic mass is 35.5. The molecule has 0 bridgehead atoms. The van der Waals surface area contributed by atoms with E-state index in [1.54, 1.807) is 35.9 Å². The van der Waals surface area contributed by atoms with E-state index in [2.05, 4.69) is 20.4 Å². The maximum atomic E-state index is 13.0. The number of rotatable bonds is 6. The Kier molecular flexibility index (Phi) is 6.11. The lowest BCUT2D eigenvalue weighted by Gasteiger charge is -2.12. The molecule has 7 nitrogen and oxygen atoms in total. The van der Waals surface area contributed by atoms with Crippen molar-refractivity contribution in [2.24, 2.45) is 0 Å². The second-order valence-corrected chi connectivity index (χ2v) is 8.27. The van der Waals surface area contributed by atoms with E-state index in [0.717, 1.165) is 17.0 Å². The van der Waals surface area contributed by atoms with Crippen molar-refractivity contribution in [1.29, 1.82) is 0 Å². The Morgan fingerprint density at radius 1 is 1.16 bits per heavy atom. The Hall–Kier alpha value is -3.10. The average Bonchev–Trinajstić information content (AvgIpc) is 3.16. The van der Waals surface area contributed by atoms with Gasteiger partial charge in [0.15, 0.2) is 0 Å². The van der Waals surface area contributed by atoms with Crippen LogP contribution in [0.2, 0.25) is 5.02 Å². The number of carbonyl (C=O) groups excluding carboxylic acids is 1. The lowest BCUT2D eigenvalue weighted by molar-refractivity contribution is 0.102. The Morgan fingerprint density at radius 2 is 1.97 bits per heavy atom. The van der Waals surface area contributed by atoms with Crippen LogP contribution in [0.25, 0.3) is 5.78 Å². The molecule has 0 saturated heterocycles. The predicted octanol–water partition coefficient (Wildman–Crippen LogP) is 4.95. The first-order valence-corrected chi connectivity index (χ1v) is 10.9. The number of benzene rings is 2. The molecule has 0 saturated carbocycles. The van der Waals surface area contributed by atoms with E-state index in [-0.39, 0.29) is 5.91 Å². The summed E-state index contributed by atoms with van der Waals surface area (Å²) in [4.78, 5) is 21.9. The monoisotopic (exact) mass is 453 g/mol. The molecule has 2 heterocycles. The smallest absolute Gasteiger partial charge is 0.256 e. The summed E-state index contributed by atoms with van der Waals surface area (Å²) >= 11 is 7.53. The number of nitrogens with zero attached hydrogens (tertiary/aromatic N) is 4. The number of anilines is 1. The van der Waals surface area contributed by atoms with E-state index in [0.29, 0.717) is 38.7 Å². The molecule has 0 aliphatic heterocycles. The Balaban J connectivity index is 1.54. The van der Waals surface area contributed by atoms with Crippen molar-refractivity contribution in [3.8, 4) is 5.75 Å². The minimum Gasteiger partial charge on any atom is -0.495 e. The molecule has 4 rings (SSSR count). The minimum absolute atomic E-state index is 0.243. The summed E-state index contributed by atoms with van der Waals surface area (Å²) in [5.41, 5.74) is 3.81. The summed E-state index contributed by atoms with van der Waals surface area (Å²) in [6.45, 7) is 3.90. The topological polar surface area (TPSA) is 81.4 Å². The fraction of sp³-hybridized carbons (Fsp3) is 0.182. The molecule has 0 atom stereocenters.